The third-order valence-electron chi connectivity index (χ3n) is 4.26. The molecule has 0 saturated heterocycles. The van der Waals surface area contributed by atoms with Gasteiger partial charge in [-0.05, 0) is 31.2 Å². The van der Waals surface area contributed by atoms with E-state index in [0.29, 0.717) is 5.57 Å². The van der Waals surface area contributed by atoms with Gasteiger partial charge in [0, 0.05) is 34.4 Å². The largest absolute Gasteiger partial charge is 0.496 e. The molecule has 2 aromatic carbocycles. The lowest BCUT2D eigenvalue weighted by Gasteiger charge is -2.09. The molecule has 2 heterocycles. The van der Waals surface area contributed by atoms with Gasteiger partial charge in [0.2, 0.25) is 0 Å². The fourth-order valence-electron chi connectivity index (χ4n) is 3.18. The number of fused-ring (bicyclic) bond motifs is 2. The van der Waals surface area contributed by atoms with E-state index < -0.39 is 0 Å². The maximum absolute atomic E-state index is 12.3. The molecule has 4 nitrogen and oxygen atoms in total. The number of hydrogen-bond acceptors (Lipinski definition) is 3. The molecular formula is C19H17NO3. The lowest BCUT2D eigenvalue weighted by Crippen LogP contribution is -2.05. The summed E-state index contributed by atoms with van der Waals surface area (Å²) >= 11 is 0. The summed E-state index contributed by atoms with van der Waals surface area (Å²) in [4.78, 5) is 12.3. The van der Waals surface area contributed by atoms with E-state index in [1.165, 1.54) is 0 Å². The predicted molar refractivity (Wildman–Crippen MR) is 89.7 cm³/mol. The molecule has 2 aliphatic rings. The highest BCUT2D eigenvalue weighted by Gasteiger charge is 2.25. The van der Waals surface area contributed by atoms with E-state index in [4.69, 9.17) is 9.47 Å². The van der Waals surface area contributed by atoms with Crippen molar-refractivity contribution in [3.8, 4) is 11.5 Å². The number of nitrogens with one attached hydrogen (secondary N) is 1. The number of ether oxygens (including phenoxy) is 2. The molecule has 2 aliphatic heterocycles. The normalized spacial score (nSPS) is 20.0. The Morgan fingerprint density at radius 1 is 1.30 bits per heavy atom. The standard InChI is InChI=1S/C19H17NO3/c1-11-7-12-9-17(22-2)13(10-18(12)23-11)8-15-14-5-3-4-6-16(14)20-19(15)21/h3-6,8-11H,7H2,1-2H3,(H,20,21)/b15-8-. The zero-order valence-corrected chi connectivity index (χ0v) is 13.1. The van der Waals surface area contributed by atoms with Crippen LogP contribution in [0.5, 0.6) is 11.5 Å². The van der Waals surface area contributed by atoms with Crippen molar-refractivity contribution in [2.75, 3.05) is 12.4 Å². The van der Waals surface area contributed by atoms with Gasteiger partial charge in [-0.2, -0.15) is 0 Å². The summed E-state index contributed by atoms with van der Waals surface area (Å²) in [6.45, 7) is 2.05. The van der Waals surface area contributed by atoms with Crippen LogP contribution >= 0.6 is 0 Å². The van der Waals surface area contributed by atoms with E-state index in [2.05, 4.69) is 5.32 Å². The predicted octanol–water partition coefficient (Wildman–Crippen LogP) is 3.51. The van der Waals surface area contributed by atoms with Crippen LogP contribution in [0.25, 0.3) is 11.6 Å². The third-order valence-corrected chi connectivity index (χ3v) is 4.26. The Morgan fingerprint density at radius 3 is 2.96 bits per heavy atom. The smallest absolute Gasteiger partial charge is 0.256 e. The van der Waals surface area contributed by atoms with E-state index in [1.807, 2.05) is 49.4 Å². The Bertz CT molecular complexity index is 839. The van der Waals surface area contributed by atoms with Gasteiger partial charge in [0.25, 0.3) is 5.91 Å². The van der Waals surface area contributed by atoms with Crippen LogP contribution in [-0.4, -0.2) is 19.1 Å². The van der Waals surface area contributed by atoms with Crippen molar-refractivity contribution in [2.45, 2.75) is 19.4 Å². The summed E-state index contributed by atoms with van der Waals surface area (Å²) in [6, 6.07) is 11.6. The Kier molecular flexibility index (Phi) is 3.11. The fraction of sp³-hybridized carbons (Fsp3) is 0.211. The number of benzene rings is 2. The summed E-state index contributed by atoms with van der Waals surface area (Å²) in [7, 11) is 1.64. The van der Waals surface area contributed by atoms with Crippen molar-refractivity contribution in [3.63, 3.8) is 0 Å². The molecule has 116 valence electrons. The molecule has 1 atom stereocenters. The van der Waals surface area contributed by atoms with Gasteiger partial charge in [0.05, 0.1) is 7.11 Å². The van der Waals surface area contributed by atoms with E-state index >= 15 is 0 Å². The number of anilines is 1. The quantitative estimate of drug-likeness (QED) is 0.864. The lowest BCUT2D eigenvalue weighted by molar-refractivity contribution is -0.110. The molecule has 0 bridgehead atoms. The topological polar surface area (TPSA) is 47.6 Å². The van der Waals surface area contributed by atoms with Crippen molar-refractivity contribution in [1.29, 1.82) is 0 Å². The minimum atomic E-state index is -0.0944. The van der Waals surface area contributed by atoms with Crippen LogP contribution in [0.3, 0.4) is 0 Å². The van der Waals surface area contributed by atoms with Crippen molar-refractivity contribution < 1.29 is 14.3 Å². The lowest BCUT2D eigenvalue weighted by atomic mass is 10.0. The van der Waals surface area contributed by atoms with Gasteiger partial charge >= 0.3 is 0 Å². The number of amides is 1. The minimum Gasteiger partial charge on any atom is -0.496 e. The summed E-state index contributed by atoms with van der Waals surface area (Å²) in [5.41, 5.74) is 4.39. The Morgan fingerprint density at radius 2 is 2.13 bits per heavy atom. The molecule has 0 spiro atoms. The van der Waals surface area contributed by atoms with Crippen LogP contribution < -0.4 is 14.8 Å². The maximum atomic E-state index is 12.3. The molecule has 1 unspecified atom stereocenters. The molecule has 0 aromatic heterocycles. The summed E-state index contributed by atoms with van der Waals surface area (Å²) < 4.78 is 11.3. The van der Waals surface area contributed by atoms with Crippen molar-refractivity contribution >= 4 is 23.2 Å². The molecule has 2 aromatic rings. The van der Waals surface area contributed by atoms with Crippen molar-refractivity contribution in [2.24, 2.45) is 0 Å². The second-order valence-electron chi connectivity index (χ2n) is 5.89. The minimum absolute atomic E-state index is 0.0944. The summed E-state index contributed by atoms with van der Waals surface area (Å²) in [5.74, 6) is 1.53. The van der Waals surface area contributed by atoms with E-state index in [1.54, 1.807) is 7.11 Å². The highest BCUT2D eigenvalue weighted by Crippen LogP contribution is 2.38. The van der Waals surface area contributed by atoms with Gasteiger partial charge in [-0.15, -0.1) is 0 Å². The van der Waals surface area contributed by atoms with Crippen LogP contribution in [-0.2, 0) is 11.2 Å². The van der Waals surface area contributed by atoms with Crippen molar-refractivity contribution in [3.05, 3.63) is 53.1 Å². The van der Waals surface area contributed by atoms with Gasteiger partial charge in [0.1, 0.15) is 17.6 Å². The number of rotatable bonds is 2. The molecular weight excluding hydrogens is 290 g/mol. The first-order chi connectivity index (χ1) is 11.2. The average Bonchev–Trinajstić information content (AvgIpc) is 3.05. The van der Waals surface area contributed by atoms with E-state index in [0.717, 1.165) is 40.3 Å². The highest BCUT2D eigenvalue weighted by molar-refractivity contribution is 6.35. The third kappa shape index (κ3) is 2.27. The first kappa shape index (κ1) is 13.9. The highest BCUT2D eigenvalue weighted by atomic mass is 16.5. The van der Waals surface area contributed by atoms with Gasteiger partial charge in [-0.1, -0.05) is 18.2 Å². The maximum Gasteiger partial charge on any atom is 0.256 e. The van der Waals surface area contributed by atoms with Gasteiger partial charge in [0.15, 0.2) is 0 Å². The van der Waals surface area contributed by atoms with Gasteiger partial charge in [-0.3, -0.25) is 4.79 Å². The molecule has 1 N–H and O–H groups in total. The molecule has 4 rings (SSSR count). The van der Waals surface area contributed by atoms with Crippen LogP contribution in [0.4, 0.5) is 5.69 Å². The summed E-state index contributed by atoms with van der Waals surface area (Å²) in [5, 5.41) is 2.89. The number of carbonyl (C=O) groups is 1. The monoisotopic (exact) mass is 307 g/mol. The summed E-state index contributed by atoms with van der Waals surface area (Å²) in [6.07, 6.45) is 2.92. The second kappa shape index (κ2) is 5.16. The van der Waals surface area contributed by atoms with Crippen molar-refractivity contribution in [1.82, 2.24) is 0 Å². The molecule has 23 heavy (non-hydrogen) atoms. The Labute approximate surface area is 134 Å². The molecule has 1 amide bonds. The van der Waals surface area contributed by atoms with Crippen LogP contribution in [0, 0.1) is 0 Å². The molecule has 0 radical (unpaired) electrons. The van der Waals surface area contributed by atoms with Gasteiger partial charge < -0.3 is 14.8 Å². The molecule has 0 fully saturated rings. The first-order valence-corrected chi connectivity index (χ1v) is 7.65. The molecule has 0 saturated carbocycles. The van der Waals surface area contributed by atoms with E-state index in [9.17, 15) is 4.79 Å². The van der Waals surface area contributed by atoms with E-state index in [-0.39, 0.29) is 12.0 Å². The molecule has 4 heteroatoms. The average molecular weight is 307 g/mol. The number of para-hydroxylation sites is 1. The van der Waals surface area contributed by atoms with Crippen LogP contribution in [0.15, 0.2) is 36.4 Å². The Hall–Kier alpha value is -2.75. The second-order valence-corrected chi connectivity index (χ2v) is 5.89. The SMILES string of the molecule is COc1cc2c(cc1/C=C1\C(=O)Nc3ccccc31)OC(C)C2. The Balaban J connectivity index is 1.83. The van der Waals surface area contributed by atoms with Crippen LogP contribution in [0.2, 0.25) is 0 Å². The van der Waals surface area contributed by atoms with Gasteiger partial charge in [-0.25, -0.2) is 0 Å². The fourth-order valence-corrected chi connectivity index (χ4v) is 3.18. The number of hydrogen-bond donors (Lipinski definition) is 1. The number of carbonyl (C=O) groups excluding carboxylic acids is 1. The zero-order chi connectivity index (χ0) is 16.0. The first-order valence-electron chi connectivity index (χ1n) is 7.65. The zero-order valence-electron chi connectivity index (χ0n) is 13.1. The number of methoxy groups -OCH3 is 1. The molecule has 0 aliphatic carbocycles. The van der Waals surface area contributed by atoms with Crippen LogP contribution in [0.1, 0.15) is 23.6 Å².